The smallest absolute Gasteiger partial charge is 0.168 e. The first kappa shape index (κ1) is 15.1. The summed E-state index contributed by atoms with van der Waals surface area (Å²) in [5.41, 5.74) is 2.73. The van der Waals surface area contributed by atoms with Crippen LogP contribution in [-0.2, 0) is 6.42 Å². The number of ketones is 1. The van der Waals surface area contributed by atoms with Gasteiger partial charge in [0.05, 0.1) is 5.69 Å². The van der Waals surface area contributed by atoms with Crippen molar-refractivity contribution < 1.29 is 9.90 Å². The summed E-state index contributed by atoms with van der Waals surface area (Å²) in [6.07, 6.45) is 3.59. The van der Waals surface area contributed by atoms with E-state index >= 15 is 0 Å². The predicted octanol–water partition coefficient (Wildman–Crippen LogP) is 3.59. The molecule has 2 aromatic carbocycles. The van der Waals surface area contributed by atoms with Crippen LogP contribution in [0.5, 0.6) is 0 Å². The van der Waals surface area contributed by atoms with Crippen LogP contribution in [0.1, 0.15) is 28.8 Å². The number of aliphatic imine (C=N–C) groups is 1. The molecule has 0 bridgehead atoms. The number of carbonyl (C=O) groups is 1. The van der Waals surface area contributed by atoms with E-state index in [4.69, 9.17) is 5.11 Å². The summed E-state index contributed by atoms with van der Waals surface area (Å²) in [4.78, 5) is 16.2. The topological polar surface area (TPSA) is 49.7 Å². The number of carbonyl (C=O) groups excluding carboxylic acids is 1. The molecule has 0 spiro atoms. The Bertz CT molecular complexity index is 588. The first-order valence-electron chi connectivity index (χ1n) is 7.10. The van der Waals surface area contributed by atoms with Crippen LogP contribution in [0.25, 0.3) is 0 Å². The van der Waals surface area contributed by atoms with Gasteiger partial charge in [0.1, 0.15) is 0 Å². The molecule has 0 fully saturated rings. The Kier molecular flexibility index (Phi) is 5.85. The van der Waals surface area contributed by atoms with E-state index in [9.17, 15) is 4.79 Å². The molecule has 108 valence electrons. The molecule has 0 amide bonds. The number of hydrogen-bond donors (Lipinski definition) is 1. The lowest BCUT2D eigenvalue weighted by Gasteiger charge is -2.00. The second-order valence-corrected chi connectivity index (χ2v) is 4.80. The van der Waals surface area contributed by atoms with E-state index in [-0.39, 0.29) is 12.4 Å². The van der Waals surface area contributed by atoms with E-state index in [2.05, 4.69) is 4.99 Å². The molecule has 0 atom stereocenters. The highest BCUT2D eigenvalue weighted by molar-refractivity contribution is 6.03. The third kappa shape index (κ3) is 4.97. The number of nitrogens with zero attached hydrogens (tertiary/aromatic N) is 1. The van der Waals surface area contributed by atoms with Gasteiger partial charge in [-0.2, -0.15) is 0 Å². The van der Waals surface area contributed by atoms with E-state index in [1.54, 1.807) is 6.21 Å². The summed E-state index contributed by atoms with van der Waals surface area (Å²) < 4.78 is 0. The first-order chi connectivity index (χ1) is 10.3. The van der Waals surface area contributed by atoms with Crippen molar-refractivity contribution in [3.8, 4) is 0 Å². The van der Waals surface area contributed by atoms with Gasteiger partial charge in [-0.3, -0.25) is 9.79 Å². The highest BCUT2D eigenvalue weighted by Crippen LogP contribution is 2.14. The van der Waals surface area contributed by atoms with Gasteiger partial charge in [-0.15, -0.1) is 0 Å². The maximum Gasteiger partial charge on any atom is 0.168 e. The zero-order valence-electron chi connectivity index (χ0n) is 11.9. The van der Waals surface area contributed by atoms with E-state index in [1.807, 2.05) is 54.6 Å². The summed E-state index contributed by atoms with van der Waals surface area (Å²) >= 11 is 0. The zero-order chi connectivity index (χ0) is 14.9. The molecular formula is C18H19NO2. The lowest BCUT2D eigenvalue weighted by atomic mass is 10.1. The van der Waals surface area contributed by atoms with Gasteiger partial charge in [0.15, 0.2) is 5.78 Å². The van der Waals surface area contributed by atoms with Crippen molar-refractivity contribution in [3.63, 3.8) is 0 Å². The molecule has 0 unspecified atom stereocenters. The monoisotopic (exact) mass is 281 g/mol. The molecule has 21 heavy (non-hydrogen) atoms. The maximum absolute atomic E-state index is 11.9. The molecule has 0 radical (unpaired) electrons. The summed E-state index contributed by atoms with van der Waals surface area (Å²) in [7, 11) is 0. The minimum Gasteiger partial charge on any atom is -0.396 e. The van der Waals surface area contributed by atoms with Crippen molar-refractivity contribution in [1.29, 1.82) is 0 Å². The number of aryl methyl sites for hydroxylation is 1. The fourth-order valence-electron chi connectivity index (χ4n) is 2.01. The molecule has 0 saturated carbocycles. The first-order valence-corrected chi connectivity index (χ1v) is 7.10. The Balaban J connectivity index is 1.88. The SMILES string of the molecule is O=C(CC=Nc1ccc(CCCO)cc1)c1ccccc1. The van der Waals surface area contributed by atoms with Crippen molar-refractivity contribution in [2.75, 3.05) is 6.61 Å². The van der Waals surface area contributed by atoms with Gasteiger partial charge >= 0.3 is 0 Å². The van der Waals surface area contributed by atoms with Crippen LogP contribution < -0.4 is 0 Å². The highest BCUT2D eigenvalue weighted by Gasteiger charge is 2.02. The zero-order valence-corrected chi connectivity index (χ0v) is 11.9. The van der Waals surface area contributed by atoms with Gasteiger partial charge in [-0.25, -0.2) is 0 Å². The summed E-state index contributed by atoms with van der Waals surface area (Å²) in [6, 6.07) is 17.1. The number of aliphatic hydroxyl groups is 1. The predicted molar refractivity (Wildman–Crippen MR) is 85.4 cm³/mol. The molecule has 2 rings (SSSR count). The van der Waals surface area contributed by atoms with Crippen LogP contribution in [0, 0.1) is 0 Å². The number of Topliss-reactive ketones (excluding diaryl/α,β-unsaturated/α-hetero) is 1. The van der Waals surface area contributed by atoms with Crippen LogP contribution in [0.4, 0.5) is 5.69 Å². The summed E-state index contributed by atoms with van der Waals surface area (Å²) in [6.45, 7) is 0.210. The van der Waals surface area contributed by atoms with Crippen molar-refractivity contribution in [2.24, 2.45) is 4.99 Å². The molecule has 3 heteroatoms. The van der Waals surface area contributed by atoms with Gasteiger partial charge in [-0.05, 0) is 30.5 Å². The second-order valence-electron chi connectivity index (χ2n) is 4.80. The van der Waals surface area contributed by atoms with E-state index in [1.165, 1.54) is 5.56 Å². The molecule has 1 N–H and O–H groups in total. The van der Waals surface area contributed by atoms with Gasteiger partial charge in [0.25, 0.3) is 0 Å². The van der Waals surface area contributed by atoms with E-state index in [0.717, 1.165) is 18.5 Å². The van der Waals surface area contributed by atoms with Crippen molar-refractivity contribution >= 4 is 17.7 Å². The number of benzene rings is 2. The Labute approximate surface area is 125 Å². The largest absolute Gasteiger partial charge is 0.396 e. The maximum atomic E-state index is 11.9. The Morgan fingerprint density at radius 1 is 1.05 bits per heavy atom. The lowest BCUT2D eigenvalue weighted by Crippen LogP contribution is -1.98. The standard InChI is InChI=1S/C18H19NO2/c20-14-4-5-15-8-10-17(11-9-15)19-13-12-18(21)16-6-2-1-3-7-16/h1-3,6-11,13,20H,4-5,12,14H2. The van der Waals surface area contributed by atoms with E-state index < -0.39 is 0 Å². The van der Waals surface area contributed by atoms with Crippen LogP contribution in [0.3, 0.4) is 0 Å². The summed E-state index contributed by atoms with van der Waals surface area (Å²) in [5, 5.41) is 8.79. The van der Waals surface area contributed by atoms with Crippen LogP contribution in [0.2, 0.25) is 0 Å². The quantitative estimate of drug-likeness (QED) is 0.623. The van der Waals surface area contributed by atoms with Gasteiger partial charge in [0, 0.05) is 24.8 Å². The van der Waals surface area contributed by atoms with Crippen LogP contribution in [0.15, 0.2) is 59.6 Å². The summed E-state index contributed by atoms with van der Waals surface area (Å²) in [5.74, 6) is 0.0684. The lowest BCUT2D eigenvalue weighted by molar-refractivity contribution is 0.100. The van der Waals surface area contributed by atoms with Crippen molar-refractivity contribution in [1.82, 2.24) is 0 Å². The number of rotatable bonds is 7. The average molecular weight is 281 g/mol. The number of aliphatic hydroxyl groups excluding tert-OH is 1. The minimum atomic E-state index is 0.0684. The van der Waals surface area contributed by atoms with Crippen LogP contribution >= 0.6 is 0 Å². The fourth-order valence-corrected chi connectivity index (χ4v) is 2.01. The third-order valence-electron chi connectivity index (χ3n) is 3.17. The molecule has 0 heterocycles. The molecule has 0 aliphatic heterocycles. The van der Waals surface area contributed by atoms with Gasteiger partial charge in [-0.1, -0.05) is 42.5 Å². The molecule has 3 nitrogen and oxygen atoms in total. The normalized spacial score (nSPS) is 10.9. The average Bonchev–Trinajstić information content (AvgIpc) is 2.55. The minimum absolute atomic E-state index is 0.0684. The fraction of sp³-hybridized carbons (Fsp3) is 0.222. The Morgan fingerprint density at radius 2 is 1.76 bits per heavy atom. The molecule has 0 aliphatic rings. The van der Waals surface area contributed by atoms with Gasteiger partial charge in [0.2, 0.25) is 0 Å². The Hall–Kier alpha value is -2.26. The molecule has 0 aromatic heterocycles. The number of hydrogen-bond acceptors (Lipinski definition) is 3. The third-order valence-corrected chi connectivity index (χ3v) is 3.17. The van der Waals surface area contributed by atoms with Crippen LogP contribution in [-0.4, -0.2) is 23.7 Å². The molecule has 0 aliphatic carbocycles. The molecule has 0 saturated heterocycles. The second kappa shape index (κ2) is 8.12. The van der Waals surface area contributed by atoms with E-state index in [0.29, 0.717) is 12.0 Å². The Morgan fingerprint density at radius 3 is 2.43 bits per heavy atom. The van der Waals surface area contributed by atoms with Crippen molar-refractivity contribution in [2.45, 2.75) is 19.3 Å². The highest BCUT2D eigenvalue weighted by atomic mass is 16.2. The molecular weight excluding hydrogens is 262 g/mol. The van der Waals surface area contributed by atoms with Gasteiger partial charge < -0.3 is 5.11 Å². The molecule has 2 aromatic rings. The van der Waals surface area contributed by atoms with Crippen molar-refractivity contribution in [3.05, 3.63) is 65.7 Å².